The number of carbonyl (C=O) groups excluding carboxylic acids is 2. The number of rotatable bonds is 9. The second kappa shape index (κ2) is 9.74. The highest BCUT2D eigenvalue weighted by molar-refractivity contribution is 6.30. The van der Waals surface area contributed by atoms with Gasteiger partial charge in [-0.05, 0) is 42.7 Å². The van der Waals surface area contributed by atoms with Crippen molar-refractivity contribution in [2.45, 2.75) is 45.4 Å². The number of imide groups is 1. The van der Waals surface area contributed by atoms with Crippen LogP contribution in [0.3, 0.4) is 0 Å². The Balaban J connectivity index is 1.64. The van der Waals surface area contributed by atoms with E-state index in [0.29, 0.717) is 29.5 Å². The van der Waals surface area contributed by atoms with Crippen molar-refractivity contribution in [3.05, 3.63) is 59.1 Å². The van der Waals surface area contributed by atoms with Crippen LogP contribution in [0.4, 0.5) is 5.69 Å². The first-order chi connectivity index (χ1) is 13.6. The van der Waals surface area contributed by atoms with Gasteiger partial charge in [-0.25, -0.2) is 0 Å². The van der Waals surface area contributed by atoms with E-state index in [9.17, 15) is 9.59 Å². The Morgan fingerprint density at radius 1 is 1.07 bits per heavy atom. The van der Waals surface area contributed by atoms with E-state index in [-0.39, 0.29) is 24.2 Å². The first-order valence-corrected chi connectivity index (χ1v) is 10.3. The minimum Gasteiger partial charge on any atom is -0.494 e. The molecule has 148 valence electrons. The van der Waals surface area contributed by atoms with E-state index in [2.05, 4.69) is 6.92 Å². The number of halogens is 1. The fraction of sp³-hybridized carbons (Fsp3) is 0.391. The van der Waals surface area contributed by atoms with Crippen LogP contribution in [0.15, 0.2) is 48.5 Å². The Kier molecular flexibility index (Phi) is 7.10. The third kappa shape index (κ3) is 5.14. The molecule has 0 spiro atoms. The van der Waals surface area contributed by atoms with E-state index in [0.717, 1.165) is 18.4 Å². The molecule has 1 aliphatic rings. The summed E-state index contributed by atoms with van der Waals surface area (Å²) in [7, 11) is 0. The highest BCUT2D eigenvalue weighted by Gasteiger charge is 2.39. The highest BCUT2D eigenvalue weighted by Crippen LogP contribution is 2.31. The zero-order chi connectivity index (χ0) is 19.9. The van der Waals surface area contributed by atoms with Gasteiger partial charge in [0.1, 0.15) is 5.75 Å². The lowest BCUT2D eigenvalue weighted by atomic mass is 9.98. The van der Waals surface area contributed by atoms with Crippen molar-refractivity contribution in [2.75, 3.05) is 11.5 Å². The maximum Gasteiger partial charge on any atom is 0.237 e. The summed E-state index contributed by atoms with van der Waals surface area (Å²) in [6, 6.07) is 14.6. The van der Waals surface area contributed by atoms with Gasteiger partial charge in [-0.1, -0.05) is 56.0 Å². The maximum atomic E-state index is 12.9. The molecule has 0 N–H and O–H groups in total. The number of ether oxygens (including phenoxy) is 1. The fourth-order valence-electron chi connectivity index (χ4n) is 3.46. The summed E-state index contributed by atoms with van der Waals surface area (Å²) in [5.41, 5.74) is 1.58. The lowest BCUT2D eigenvalue weighted by Gasteiger charge is -2.16. The summed E-state index contributed by atoms with van der Waals surface area (Å²) >= 11 is 5.92. The summed E-state index contributed by atoms with van der Waals surface area (Å²) in [5, 5.41) is 0.658. The van der Waals surface area contributed by atoms with Crippen molar-refractivity contribution >= 4 is 29.1 Å². The van der Waals surface area contributed by atoms with Crippen LogP contribution in [0.25, 0.3) is 0 Å². The molecule has 4 nitrogen and oxygen atoms in total. The fourth-order valence-corrected chi connectivity index (χ4v) is 3.59. The third-order valence-electron chi connectivity index (χ3n) is 4.98. The standard InChI is InChI=1S/C23H26ClNO3/c1-2-3-4-5-13-28-21-8-6-7-20(16-21)25-22(26)15-18(23(25)27)14-17-9-11-19(24)12-10-17/h6-12,16,18H,2-5,13-15H2,1H3. The molecular formula is C23H26ClNO3. The average molecular weight is 400 g/mol. The molecule has 1 unspecified atom stereocenters. The summed E-state index contributed by atoms with van der Waals surface area (Å²) in [6.07, 6.45) is 5.30. The predicted molar refractivity (Wildman–Crippen MR) is 112 cm³/mol. The number of amides is 2. The summed E-state index contributed by atoms with van der Waals surface area (Å²) < 4.78 is 5.80. The second-order valence-electron chi connectivity index (χ2n) is 7.21. The zero-order valence-electron chi connectivity index (χ0n) is 16.2. The van der Waals surface area contributed by atoms with Crippen molar-refractivity contribution in [3.63, 3.8) is 0 Å². The van der Waals surface area contributed by atoms with Crippen molar-refractivity contribution in [2.24, 2.45) is 5.92 Å². The molecule has 1 atom stereocenters. The van der Waals surface area contributed by atoms with E-state index in [1.165, 1.54) is 17.7 Å². The molecule has 5 heteroatoms. The SMILES string of the molecule is CCCCCCOc1cccc(N2C(=O)CC(Cc3ccc(Cl)cc3)C2=O)c1. The van der Waals surface area contributed by atoms with Crippen LogP contribution in [-0.2, 0) is 16.0 Å². The molecule has 2 aromatic rings. The molecule has 0 aliphatic carbocycles. The van der Waals surface area contributed by atoms with Crippen molar-refractivity contribution < 1.29 is 14.3 Å². The molecule has 2 amide bonds. The largest absolute Gasteiger partial charge is 0.494 e. The Morgan fingerprint density at radius 2 is 1.86 bits per heavy atom. The Hall–Kier alpha value is -2.33. The lowest BCUT2D eigenvalue weighted by molar-refractivity contribution is -0.122. The Bertz CT molecular complexity index is 819. The smallest absolute Gasteiger partial charge is 0.237 e. The van der Waals surface area contributed by atoms with Crippen LogP contribution in [0.2, 0.25) is 5.02 Å². The van der Waals surface area contributed by atoms with Crippen LogP contribution < -0.4 is 9.64 Å². The molecule has 28 heavy (non-hydrogen) atoms. The second-order valence-corrected chi connectivity index (χ2v) is 7.64. The number of nitrogens with zero attached hydrogens (tertiary/aromatic N) is 1. The van der Waals surface area contributed by atoms with Gasteiger partial charge in [0.15, 0.2) is 0 Å². The maximum absolute atomic E-state index is 12.9. The molecule has 1 heterocycles. The van der Waals surface area contributed by atoms with E-state index >= 15 is 0 Å². The number of benzene rings is 2. The summed E-state index contributed by atoms with van der Waals surface area (Å²) in [5.74, 6) is 0.0344. The number of anilines is 1. The molecule has 1 aliphatic heterocycles. The predicted octanol–water partition coefficient (Wildman–Crippen LogP) is 5.42. The molecule has 0 bridgehead atoms. The van der Waals surface area contributed by atoms with Gasteiger partial charge in [0.2, 0.25) is 11.8 Å². The molecule has 3 rings (SSSR count). The van der Waals surface area contributed by atoms with Gasteiger partial charge in [0, 0.05) is 17.5 Å². The molecule has 1 fully saturated rings. The van der Waals surface area contributed by atoms with Gasteiger partial charge in [-0.15, -0.1) is 0 Å². The van der Waals surface area contributed by atoms with Crippen LogP contribution in [0.1, 0.15) is 44.6 Å². The lowest BCUT2D eigenvalue weighted by Crippen LogP contribution is -2.30. The normalized spacial score (nSPS) is 16.6. The Labute approximate surface area is 171 Å². The van der Waals surface area contributed by atoms with Gasteiger partial charge < -0.3 is 4.74 Å². The number of hydrogen-bond acceptors (Lipinski definition) is 3. The first kappa shape index (κ1) is 20.4. The third-order valence-corrected chi connectivity index (χ3v) is 5.23. The van der Waals surface area contributed by atoms with Crippen LogP contribution in [-0.4, -0.2) is 18.4 Å². The van der Waals surface area contributed by atoms with Crippen LogP contribution >= 0.6 is 11.6 Å². The van der Waals surface area contributed by atoms with Crippen molar-refractivity contribution in [1.29, 1.82) is 0 Å². The first-order valence-electron chi connectivity index (χ1n) is 9.92. The Morgan fingerprint density at radius 3 is 2.61 bits per heavy atom. The molecular weight excluding hydrogens is 374 g/mol. The van der Waals surface area contributed by atoms with Gasteiger partial charge in [-0.2, -0.15) is 0 Å². The van der Waals surface area contributed by atoms with Gasteiger partial charge >= 0.3 is 0 Å². The van der Waals surface area contributed by atoms with Gasteiger partial charge in [-0.3, -0.25) is 14.5 Å². The van der Waals surface area contributed by atoms with Gasteiger partial charge in [0.25, 0.3) is 0 Å². The average Bonchev–Trinajstić information content (AvgIpc) is 2.97. The molecule has 0 radical (unpaired) electrons. The summed E-state index contributed by atoms with van der Waals surface area (Å²) in [6.45, 7) is 2.82. The number of hydrogen-bond donors (Lipinski definition) is 0. The number of unbranched alkanes of at least 4 members (excludes halogenated alkanes) is 3. The molecule has 0 saturated carbocycles. The van der Waals surface area contributed by atoms with Crippen LogP contribution in [0, 0.1) is 5.92 Å². The van der Waals surface area contributed by atoms with E-state index < -0.39 is 0 Å². The topological polar surface area (TPSA) is 46.6 Å². The minimum absolute atomic E-state index is 0.153. The summed E-state index contributed by atoms with van der Waals surface area (Å²) in [4.78, 5) is 26.7. The quantitative estimate of drug-likeness (QED) is 0.417. The molecule has 2 aromatic carbocycles. The minimum atomic E-state index is -0.340. The van der Waals surface area contributed by atoms with Crippen molar-refractivity contribution in [3.8, 4) is 5.75 Å². The number of carbonyl (C=O) groups is 2. The molecule has 1 saturated heterocycles. The van der Waals surface area contributed by atoms with Gasteiger partial charge in [0.05, 0.1) is 18.2 Å². The van der Waals surface area contributed by atoms with E-state index in [1.807, 2.05) is 24.3 Å². The monoisotopic (exact) mass is 399 g/mol. The van der Waals surface area contributed by atoms with E-state index in [1.54, 1.807) is 24.3 Å². The molecule has 0 aromatic heterocycles. The van der Waals surface area contributed by atoms with Crippen LogP contribution in [0.5, 0.6) is 5.75 Å². The highest BCUT2D eigenvalue weighted by atomic mass is 35.5. The van der Waals surface area contributed by atoms with E-state index in [4.69, 9.17) is 16.3 Å². The zero-order valence-corrected chi connectivity index (χ0v) is 17.0. The van der Waals surface area contributed by atoms with Crippen molar-refractivity contribution in [1.82, 2.24) is 0 Å².